The molecule has 0 aliphatic rings. The van der Waals surface area contributed by atoms with E-state index >= 15 is 0 Å². The quantitative estimate of drug-likeness (QED) is 0.152. The highest BCUT2D eigenvalue weighted by atomic mass is 16.2. The summed E-state index contributed by atoms with van der Waals surface area (Å²) in [4.78, 5) is 38.9. The van der Waals surface area contributed by atoms with Crippen molar-refractivity contribution in [1.29, 1.82) is 0 Å². The molecule has 0 spiro atoms. The first-order valence-electron chi connectivity index (χ1n) is 12.6. The van der Waals surface area contributed by atoms with Crippen molar-refractivity contribution in [2.24, 2.45) is 11.5 Å². The summed E-state index contributed by atoms with van der Waals surface area (Å²) in [5.74, 6) is -0.927. The number of unbranched alkanes of at least 4 members (excludes halogenated alkanes) is 2. The molecule has 0 saturated carbocycles. The van der Waals surface area contributed by atoms with E-state index in [1.807, 2.05) is 42.5 Å². The first-order chi connectivity index (χ1) is 17.4. The van der Waals surface area contributed by atoms with Gasteiger partial charge in [0.15, 0.2) is 0 Å². The molecule has 0 aliphatic carbocycles. The van der Waals surface area contributed by atoms with Crippen molar-refractivity contribution in [3.63, 3.8) is 0 Å². The summed E-state index contributed by atoms with van der Waals surface area (Å²) in [5.41, 5.74) is 19.4. The second kappa shape index (κ2) is 16.3. The van der Waals surface area contributed by atoms with Gasteiger partial charge in [-0.1, -0.05) is 42.5 Å². The summed E-state index contributed by atoms with van der Waals surface area (Å²) in [5, 5.41) is 8.58. The van der Waals surface area contributed by atoms with E-state index in [-0.39, 0.29) is 24.1 Å². The lowest BCUT2D eigenvalue weighted by atomic mass is 10.0. The van der Waals surface area contributed by atoms with Gasteiger partial charge < -0.3 is 33.2 Å². The first-order valence-corrected chi connectivity index (χ1v) is 12.6. The highest BCUT2D eigenvalue weighted by molar-refractivity contribution is 5.92. The van der Waals surface area contributed by atoms with Gasteiger partial charge in [-0.2, -0.15) is 0 Å². The van der Waals surface area contributed by atoms with E-state index < -0.39 is 12.1 Å². The fraction of sp³-hybridized carbons (Fsp3) is 0.444. The van der Waals surface area contributed by atoms with Gasteiger partial charge in [0.05, 0.1) is 6.42 Å². The van der Waals surface area contributed by atoms with E-state index in [0.29, 0.717) is 51.0 Å². The van der Waals surface area contributed by atoms with Crippen LogP contribution in [0.3, 0.4) is 0 Å². The van der Waals surface area contributed by atoms with Crippen molar-refractivity contribution < 1.29 is 14.4 Å². The lowest BCUT2D eigenvalue weighted by molar-refractivity contribution is -0.132. The maximum absolute atomic E-state index is 13.2. The highest BCUT2D eigenvalue weighted by Gasteiger charge is 2.26. The Morgan fingerprint density at radius 2 is 1.33 bits per heavy atom. The molecule has 0 saturated heterocycles. The van der Waals surface area contributed by atoms with E-state index in [1.54, 1.807) is 12.1 Å². The zero-order valence-electron chi connectivity index (χ0n) is 20.9. The second-order valence-corrected chi connectivity index (χ2v) is 8.88. The van der Waals surface area contributed by atoms with E-state index in [1.165, 1.54) is 0 Å². The lowest BCUT2D eigenvalue weighted by Gasteiger charge is -2.23. The van der Waals surface area contributed by atoms with E-state index in [2.05, 4.69) is 16.0 Å². The molecule has 2 aromatic rings. The summed E-state index contributed by atoms with van der Waals surface area (Å²) in [6.45, 7) is 1.30. The number of rotatable bonds is 16. The minimum atomic E-state index is -0.758. The Morgan fingerprint density at radius 3 is 1.94 bits per heavy atom. The molecule has 0 bridgehead atoms. The van der Waals surface area contributed by atoms with Gasteiger partial charge in [-0.05, 0) is 74.9 Å². The van der Waals surface area contributed by atoms with Gasteiger partial charge in [-0.25, -0.2) is 0 Å². The van der Waals surface area contributed by atoms with Crippen molar-refractivity contribution in [2.45, 2.75) is 63.6 Å². The summed E-state index contributed by atoms with van der Waals surface area (Å²) in [6, 6.07) is 15.1. The Kier molecular flexibility index (Phi) is 13.0. The SMILES string of the molecule is NCCCC[C@H](NC(=O)Cc1ccccc1)C(=O)N[C@@H](CCCCN)C(=O)NCc1cccc(N)c1. The number of anilines is 1. The zero-order chi connectivity index (χ0) is 26.2. The molecule has 2 atom stereocenters. The Morgan fingerprint density at radius 1 is 0.722 bits per heavy atom. The summed E-state index contributed by atoms with van der Waals surface area (Å²) in [6.07, 6.45) is 3.89. The van der Waals surface area contributed by atoms with Crippen molar-refractivity contribution in [3.05, 3.63) is 65.7 Å². The molecule has 0 unspecified atom stereocenters. The number of nitrogen functional groups attached to an aromatic ring is 1. The largest absolute Gasteiger partial charge is 0.399 e. The number of benzene rings is 2. The number of carbonyl (C=O) groups is 3. The van der Waals surface area contributed by atoms with Gasteiger partial charge in [-0.15, -0.1) is 0 Å². The molecule has 36 heavy (non-hydrogen) atoms. The van der Waals surface area contributed by atoms with Gasteiger partial charge in [0.2, 0.25) is 17.7 Å². The summed E-state index contributed by atoms with van der Waals surface area (Å²) >= 11 is 0. The fourth-order valence-corrected chi connectivity index (χ4v) is 3.84. The number of carbonyl (C=O) groups excluding carboxylic acids is 3. The number of hydrogen-bond donors (Lipinski definition) is 6. The number of nitrogens with one attached hydrogen (secondary N) is 3. The molecule has 2 aromatic carbocycles. The van der Waals surface area contributed by atoms with Gasteiger partial charge in [-0.3, -0.25) is 14.4 Å². The minimum absolute atomic E-state index is 0.169. The smallest absolute Gasteiger partial charge is 0.243 e. The molecule has 0 heterocycles. The highest BCUT2D eigenvalue weighted by Crippen LogP contribution is 2.09. The number of nitrogens with two attached hydrogens (primary N) is 3. The minimum Gasteiger partial charge on any atom is -0.399 e. The van der Waals surface area contributed by atoms with Crippen LogP contribution in [0.4, 0.5) is 5.69 Å². The van der Waals surface area contributed by atoms with E-state index in [4.69, 9.17) is 17.2 Å². The third-order valence-corrected chi connectivity index (χ3v) is 5.80. The molecule has 9 nitrogen and oxygen atoms in total. The Hall–Kier alpha value is -3.43. The van der Waals surface area contributed by atoms with Crippen LogP contribution >= 0.6 is 0 Å². The van der Waals surface area contributed by atoms with Crippen molar-refractivity contribution in [3.8, 4) is 0 Å². The normalized spacial score (nSPS) is 12.4. The predicted molar refractivity (Wildman–Crippen MR) is 143 cm³/mol. The Bertz CT molecular complexity index is 954. The van der Waals surface area contributed by atoms with Crippen LogP contribution in [0.15, 0.2) is 54.6 Å². The third-order valence-electron chi connectivity index (χ3n) is 5.80. The summed E-state index contributed by atoms with van der Waals surface area (Å²) in [7, 11) is 0. The molecule has 0 fully saturated rings. The van der Waals surface area contributed by atoms with Crippen molar-refractivity contribution in [2.75, 3.05) is 18.8 Å². The average molecular weight is 497 g/mol. The van der Waals surface area contributed by atoms with Crippen molar-refractivity contribution in [1.82, 2.24) is 16.0 Å². The predicted octanol–water partition coefficient (Wildman–Crippen LogP) is 1.36. The van der Waals surface area contributed by atoms with Crippen LogP contribution in [0.25, 0.3) is 0 Å². The van der Waals surface area contributed by atoms with Crippen LogP contribution in [0.1, 0.15) is 49.7 Å². The second-order valence-electron chi connectivity index (χ2n) is 8.88. The first kappa shape index (κ1) is 28.8. The maximum Gasteiger partial charge on any atom is 0.243 e. The topological polar surface area (TPSA) is 165 Å². The average Bonchev–Trinajstić information content (AvgIpc) is 2.87. The van der Waals surface area contributed by atoms with Crippen LogP contribution < -0.4 is 33.2 Å². The molecule has 9 heteroatoms. The lowest BCUT2D eigenvalue weighted by Crippen LogP contribution is -2.53. The summed E-state index contributed by atoms with van der Waals surface area (Å²) < 4.78 is 0. The molecule has 0 radical (unpaired) electrons. The third kappa shape index (κ3) is 10.9. The molecule has 2 rings (SSSR count). The van der Waals surface area contributed by atoms with Crippen LogP contribution in [0, 0.1) is 0 Å². The van der Waals surface area contributed by atoms with Crippen molar-refractivity contribution >= 4 is 23.4 Å². The van der Waals surface area contributed by atoms with E-state index in [0.717, 1.165) is 24.0 Å². The molecule has 3 amide bonds. The van der Waals surface area contributed by atoms with Crippen LogP contribution in [-0.4, -0.2) is 42.9 Å². The molecule has 9 N–H and O–H groups in total. The molecule has 0 aromatic heterocycles. The van der Waals surface area contributed by atoms with Gasteiger partial charge in [0.1, 0.15) is 12.1 Å². The van der Waals surface area contributed by atoms with Gasteiger partial charge in [0, 0.05) is 12.2 Å². The fourth-order valence-electron chi connectivity index (χ4n) is 3.84. The Labute approximate surface area is 213 Å². The standard InChI is InChI=1S/C27H40N6O3/c28-15-6-4-13-23(26(35)31-19-21-11-8-12-22(30)17-21)33-27(36)24(14-5-7-16-29)32-25(34)18-20-9-2-1-3-10-20/h1-3,8-12,17,23-24H,4-7,13-16,18-19,28-30H2,(H,31,35)(H,32,34)(H,33,36)/t23-,24-/m0/s1. The molecule has 196 valence electrons. The molecule has 0 aliphatic heterocycles. The molecular formula is C27H40N6O3. The maximum atomic E-state index is 13.2. The molecular weight excluding hydrogens is 456 g/mol. The van der Waals surface area contributed by atoms with Gasteiger partial charge in [0.25, 0.3) is 0 Å². The zero-order valence-corrected chi connectivity index (χ0v) is 20.9. The van der Waals surface area contributed by atoms with Crippen LogP contribution in [0.2, 0.25) is 0 Å². The number of amides is 3. The monoisotopic (exact) mass is 496 g/mol. The Balaban J connectivity index is 2.04. The van der Waals surface area contributed by atoms with Crippen LogP contribution in [0.5, 0.6) is 0 Å². The van der Waals surface area contributed by atoms with E-state index in [9.17, 15) is 14.4 Å². The number of hydrogen-bond acceptors (Lipinski definition) is 6. The van der Waals surface area contributed by atoms with Gasteiger partial charge >= 0.3 is 0 Å². The van der Waals surface area contributed by atoms with Crippen LogP contribution in [-0.2, 0) is 27.3 Å².